The van der Waals surface area contributed by atoms with Gasteiger partial charge in [-0.25, -0.2) is 4.79 Å². The van der Waals surface area contributed by atoms with E-state index in [2.05, 4.69) is 4.90 Å². The topological polar surface area (TPSA) is 79.3 Å². The number of rotatable bonds is 4. The molecule has 1 fully saturated rings. The van der Waals surface area contributed by atoms with Crippen LogP contribution in [0.25, 0.3) is 6.08 Å². The number of halogens is 1. The number of phenols is 1. The van der Waals surface area contributed by atoms with Crippen LogP contribution in [0.2, 0.25) is 5.02 Å². The Labute approximate surface area is 191 Å². The second kappa shape index (κ2) is 9.22. The first-order chi connectivity index (χ1) is 15.4. The smallest absolute Gasteiger partial charge is 0.409 e. The molecule has 0 aliphatic carbocycles. The molecule has 4 rings (SSSR count). The number of nitrogens with zero attached hydrogens (tertiary/aromatic N) is 2. The number of carbonyl (C=O) groups is 2. The zero-order valence-corrected chi connectivity index (χ0v) is 18.8. The van der Waals surface area contributed by atoms with Gasteiger partial charge in [0.25, 0.3) is 0 Å². The first-order valence-corrected chi connectivity index (χ1v) is 10.9. The van der Waals surface area contributed by atoms with E-state index in [9.17, 15) is 14.7 Å². The molecule has 32 heavy (non-hydrogen) atoms. The Balaban J connectivity index is 1.57. The second-order valence-electron chi connectivity index (χ2n) is 7.82. The fraction of sp³-hybridized carbons (Fsp3) is 0.333. The van der Waals surface area contributed by atoms with Crippen molar-refractivity contribution < 1.29 is 24.2 Å². The van der Waals surface area contributed by atoms with Gasteiger partial charge in [-0.2, -0.15) is 0 Å². The third-order valence-electron chi connectivity index (χ3n) is 5.69. The maximum atomic E-state index is 13.1. The Morgan fingerprint density at radius 2 is 1.97 bits per heavy atom. The summed E-state index contributed by atoms with van der Waals surface area (Å²) in [5.41, 5.74) is 2.36. The molecule has 0 saturated carbocycles. The van der Waals surface area contributed by atoms with E-state index in [4.69, 9.17) is 21.1 Å². The molecule has 2 aliphatic heterocycles. The van der Waals surface area contributed by atoms with Crippen molar-refractivity contribution >= 4 is 29.6 Å². The van der Waals surface area contributed by atoms with E-state index in [-0.39, 0.29) is 23.4 Å². The lowest BCUT2D eigenvalue weighted by Gasteiger charge is -2.34. The predicted octanol–water partition coefficient (Wildman–Crippen LogP) is 4.24. The molecule has 1 amide bonds. The van der Waals surface area contributed by atoms with Crippen molar-refractivity contribution in [3.63, 3.8) is 0 Å². The van der Waals surface area contributed by atoms with Crippen LogP contribution in [0.15, 0.2) is 36.1 Å². The van der Waals surface area contributed by atoms with E-state index in [1.54, 1.807) is 37.0 Å². The van der Waals surface area contributed by atoms with Crippen LogP contribution in [0.5, 0.6) is 11.5 Å². The van der Waals surface area contributed by atoms with Crippen molar-refractivity contribution in [1.82, 2.24) is 9.80 Å². The summed E-state index contributed by atoms with van der Waals surface area (Å²) in [7, 11) is 0. The molecule has 2 heterocycles. The fourth-order valence-corrected chi connectivity index (χ4v) is 4.18. The highest BCUT2D eigenvalue weighted by Crippen LogP contribution is 2.42. The van der Waals surface area contributed by atoms with E-state index >= 15 is 0 Å². The second-order valence-corrected chi connectivity index (χ2v) is 8.23. The number of ketones is 1. The Morgan fingerprint density at radius 1 is 1.25 bits per heavy atom. The SMILES string of the molecule is CCOC(=O)N1CCN(Cc2c(O)cc(C)c3c2O/C(=C/c2ccccc2Cl)C3=O)CC1. The zero-order valence-electron chi connectivity index (χ0n) is 18.1. The zero-order chi connectivity index (χ0) is 22.8. The van der Waals surface area contributed by atoms with Gasteiger partial charge in [-0.1, -0.05) is 29.8 Å². The third-order valence-corrected chi connectivity index (χ3v) is 6.04. The lowest BCUT2D eigenvalue weighted by molar-refractivity contribution is 0.0774. The summed E-state index contributed by atoms with van der Waals surface area (Å²) < 4.78 is 11.0. The minimum absolute atomic E-state index is 0.0841. The summed E-state index contributed by atoms with van der Waals surface area (Å²) in [6.07, 6.45) is 1.32. The molecule has 0 spiro atoms. The fourth-order valence-electron chi connectivity index (χ4n) is 3.99. The standard InChI is InChI=1S/C24H25ClN2O5/c1-3-31-24(30)27-10-8-26(9-11-27)14-17-19(28)12-15(2)21-22(29)20(32-23(17)21)13-16-6-4-5-7-18(16)25/h4-7,12-13,28H,3,8-11,14H2,1-2H3/b20-13+. The first kappa shape index (κ1) is 22.2. The molecule has 1 saturated heterocycles. The van der Waals surface area contributed by atoms with Crippen LogP contribution in [0.3, 0.4) is 0 Å². The van der Waals surface area contributed by atoms with E-state index in [1.807, 2.05) is 18.2 Å². The van der Waals surface area contributed by atoms with E-state index in [0.29, 0.717) is 72.4 Å². The molecule has 0 radical (unpaired) electrons. The van der Waals surface area contributed by atoms with Gasteiger partial charge >= 0.3 is 6.09 Å². The third kappa shape index (κ3) is 4.31. The quantitative estimate of drug-likeness (QED) is 0.693. The number of benzene rings is 2. The summed E-state index contributed by atoms with van der Waals surface area (Å²) in [6.45, 7) is 6.62. The van der Waals surface area contributed by atoms with Crippen molar-refractivity contribution in [2.75, 3.05) is 32.8 Å². The van der Waals surface area contributed by atoms with Crippen LogP contribution >= 0.6 is 11.6 Å². The molecule has 168 valence electrons. The number of phenolic OH excluding ortho intramolecular Hbond substituents is 1. The highest BCUT2D eigenvalue weighted by atomic mass is 35.5. The van der Waals surface area contributed by atoms with Crippen molar-refractivity contribution in [2.24, 2.45) is 0 Å². The van der Waals surface area contributed by atoms with Gasteiger partial charge in [0.05, 0.1) is 17.7 Å². The van der Waals surface area contributed by atoms with E-state index in [1.165, 1.54) is 0 Å². The molecule has 0 aromatic heterocycles. The molecular weight excluding hydrogens is 432 g/mol. The van der Waals surface area contributed by atoms with E-state index in [0.717, 1.165) is 0 Å². The van der Waals surface area contributed by atoms with Gasteiger partial charge in [-0.05, 0) is 43.2 Å². The number of carbonyl (C=O) groups excluding carboxylic acids is 2. The van der Waals surface area contributed by atoms with Gasteiger partial charge < -0.3 is 19.5 Å². The highest BCUT2D eigenvalue weighted by molar-refractivity contribution is 6.32. The molecular formula is C24H25ClN2O5. The lowest BCUT2D eigenvalue weighted by atomic mass is 9.99. The van der Waals surface area contributed by atoms with E-state index < -0.39 is 0 Å². The van der Waals surface area contributed by atoms with Crippen LogP contribution < -0.4 is 4.74 Å². The Kier molecular flexibility index (Phi) is 6.39. The molecule has 1 N–H and O–H groups in total. The number of amides is 1. The van der Waals surface area contributed by atoms with Crippen LogP contribution in [-0.4, -0.2) is 59.6 Å². The molecule has 2 aromatic carbocycles. The van der Waals surface area contributed by atoms with Crippen molar-refractivity contribution in [3.8, 4) is 11.5 Å². The van der Waals surface area contributed by atoms with Crippen LogP contribution in [0.4, 0.5) is 4.79 Å². The number of Topliss-reactive ketones (excluding diaryl/α,β-unsaturated/α-hetero) is 1. The average Bonchev–Trinajstić information content (AvgIpc) is 3.10. The van der Waals surface area contributed by atoms with Crippen LogP contribution in [0.1, 0.15) is 34.0 Å². The lowest BCUT2D eigenvalue weighted by Crippen LogP contribution is -2.48. The number of fused-ring (bicyclic) bond motifs is 1. The Hall–Kier alpha value is -3.03. The summed E-state index contributed by atoms with van der Waals surface area (Å²) in [5.74, 6) is 0.417. The summed E-state index contributed by atoms with van der Waals surface area (Å²) >= 11 is 6.24. The number of hydrogen-bond acceptors (Lipinski definition) is 6. The minimum Gasteiger partial charge on any atom is -0.507 e. The Bertz CT molecular complexity index is 1090. The highest BCUT2D eigenvalue weighted by Gasteiger charge is 2.34. The van der Waals surface area contributed by atoms with Gasteiger partial charge in [-0.3, -0.25) is 9.69 Å². The molecule has 2 aromatic rings. The molecule has 2 aliphatic rings. The van der Waals surface area contributed by atoms with Gasteiger partial charge in [-0.15, -0.1) is 0 Å². The van der Waals surface area contributed by atoms with Gasteiger partial charge in [0.1, 0.15) is 11.5 Å². The minimum atomic E-state index is -0.311. The summed E-state index contributed by atoms with van der Waals surface area (Å²) in [5, 5.41) is 11.2. The molecule has 0 bridgehead atoms. The number of aryl methyl sites for hydroxylation is 1. The summed E-state index contributed by atoms with van der Waals surface area (Å²) in [4.78, 5) is 28.8. The maximum Gasteiger partial charge on any atom is 0.409 e. The number of piperazine rings is 1. The van der Waals surface area contributed by atoms with Crippen molar-refractivity contribution in [3.05, 3.63) is 63.4 Å². The normalized spacial score (nSPS) is 17.4. The number of hydrogen-bond donors (Lipinski definition) is 1. The molecule has 0 atom stereocenters. The largest absolute Gasteiger partial charge is 0.507 e. The van der Waals surface area contributed by atoms with Crippen LogP contribution in [-0.2, 0) is 11.3 Å². The average molecular weight is 457 g/mol. The monoisotopic (exact) mass is 456 g/mol. The van der Waals surface area contributed by atoms with Gasteiger partial charge in [0.15, 0.2) is 5.76 Å². The summed E-state index contributed by atoms with van der Waals surface area (Å²) in [6, 6.07) is 8.81. The molecule has 8 heteroatoms. The maximum absolute atomic E-state index is 13.1. The Morgan fingerprint density at radius 3 is 2.66 bits per heavy atom. The van der Waals surface area contributed by atoms with Crippen molar-refractivity contribution in [2.45, 2.75) is 20.4 Å². The molecule has 7 nitrogen and oxygen atoms in total. The van der Waals surface area contributed by atoms with Gasteiger partial charge in [0, 0.05) is 37.7 Å². The van der Waals surface area contributed by atoms with Crippen LogP contribution in [0, 0.1) is 6.92 Å². The number of aromatic hydroxyl groups is 1. The van der Waals surface area contributed by atoms with Gasteiger partial charge in [0.2, 0.25) is 5.78 Å². The number of ether oxygens (including phenoxy) is 2. The first-order valence-electron chi connectivity index (χ1n) is 10.6. The van der Waals surface area contributed by atoms with Crippen molar-refractivity contribution in [1.29, 1.82) is 0 Å². The molecule has 0 unspecified atom stereocenters. The predicted molar refractivity (Wildman–Crippen MR) is 121 cm³/mol. The number of allylic oxidation sites excluding steroid dienone is 1.